The van der Waals surface area contributed by atoms with Gasteiger partial charge < -0.3 is 15.8 Å². The number of hydrogen-bond donors (Lipinski definition) is 2. The molecule has 32 heavy (non-hydrogen) atoms. The minimum absolute atomic E-state index is 0.221. The fourth-order valence-corrected chi connectivity index (χ4v) is 3.50. The monoisotopic (exact) mass is 428 g/mol. The molecule has 0 aliphatic carbocycles. The van der Waals surface area contributed by atoms with Crippen LogP contribution in [0.1, 0.15) is 12.5 Å². The molecule has 0 bridgehead atoms. The summed E-state index contributed by atoms with van der Waals surface area (Å²) < 4.78 is 7.13. The molecule has 1 aromatic carbocycles. The van der Waals surface area contributed by atoms with Gasteiger partial charge in [0.25, 0.3) is 5.56 Å². The number of aromatic nitrogens is 3. The van der Waals surface area contributed by atoms with E-state index in [0.29, 0.717) is 40.9 Å². The molecular formula is C24H24N6O2. The Morgan fingerprint density at radius 3 is 2.72 bits per heavy atom. The summed E-state index contributed by atoms with van der Waals surface area (Å²) in [4.78, 5) is 26.8. The van der Waals surface area contributed by atoms with Crippen molar-refractivity contribution in [2.75, 3.05) is 31.8 Å². The molecule has 0 spiro atoms. The molecule has 0 aliphatic rings. The van der Waals surface area contributed by atoms with E-state index in [1.165, 1.54) is 0 Å². The van der Waals surface area contributed by atoms with Gasteiger partial charge >= 0.3 is 0 Å². The lowest BCUT2D eigenvalue weighted by Gasteiger charge is -2.14. The first-order valence-electron chi connectivity index (χ1n) is 10.2. The largest absolute Gasteiger partial charge is 0.478 e. The Labute approximate surface area is 185 Å². The molecule has 0 atom stereocenters. The zero-order chi connectivity index (χ0) is 22.7. The maximum atomic E-state index is 13.7. The highest BCUT2D eigenvalue weighted by atomic mass is 16.5. The Balaban J connectivity index is 2.02. The minimum atomic E-state index is -0.221. The summed E-state index contributed by atoms with van der Waals surface area (Å²) >= 11 is 0. The van der Waals surface area contributed by atoms with Crippen molar-refractivity contribution in [3.63, 3.8) is 0 Å². The van der Waals surface area contributed by atoms with Crippen LogP contribution in [0.3, 0.4) is 0 Å². The standard InChI is InChI=1S/C24H24N6O2/c1-4-32-22-10-6-16-12-19(15-5-8-20(25)17(11-15)13-26-2)24(31)30(23(16)29-22)18-7-9-21(27-3)28-14-18/h5-14H,4,25H2,1-3H3,(H,27,28). The minimum Gasteiger partial charge on any atom is -0.478 e. The Morgan fingerprint density at radius 2 is 2.03 bits per heavy atom. The van der Waals surface area contributed by atoms with Gasteiger partial charge in [-0.3, -0.25) is 14.4 Å². The summed E-state index contributed by atoms with van der Waals surface area (Å²) in [5.41, 5.74) is 9.55. The summed E-state index contributed by atoms with van der Waals surface area (Å²) in [6.07, 6.45) is 3.32. The smallest absolute Gasteiger partial charge is 0.264 e. The summed E-state index contributed by atoms with van der Waals surface area (Å²) in [5.74, 6) is 1.15. The third-order valence-electron chi connectivity index (χ3n) is 5.05. The van der Waals surface area contributed by atoms with Crippen LogP contribution in [0.25, 0.3) is 27.8 Å². The maximum Gasteiger partial charge on any atom is 0.264 e. The topological polar surface area (TPSA) is 107 Å². The van der Waals surface area contributed by atoms with Crippen molar-refractivity contribution in [1.82, 2.24) is 14.5 Å². The van der Waals surface area contributed by atoms with E-state index in [0.717, 1.165) is 16.5 Å². The van der Waals surface area contributed by atoms with Gasteiger partial charge in [-0.15, -0.1) is 0 Å². The molecule has 0 fully saturated rings. The lowest BCUT2D eigenvalue weighted by Crippen LogP contribution is -2.22. The van der Waals surface area contributed by atoms with Crippen LogP contribution in [0.2, 0.25) is 0 Å². The predicted octanol–water partition coefficient (Wildman–Crippen LogP) is 3.52. The van der Waals surface area contributed by atoms with Crippen molar-refractivity contribution in [2.45, 2.75) is 6.92 Å². The molecule has 4 rings (SSSR count). The van der Waals surface area contributed by atoms with E-state index in [1.807, 2.05) is 43.3 Å². The van der Waals surface area contributed by atoms with Gasteiger partial charge in [0, 0.05) is 48.6 Å². The van der Waals surface area contributed by atoms with Gasteiger partial charge in [0.15, 0.2) is 5.65 Å². The molecule has 0 saturated carbocycles. The molecule has 4 aromatic rings. The van der Waals surface area contributed by atoms with E-state index in [4.69, 9.17) is 10.5 Å². The van der Waals surface area contributed by atoms with Gasteiger partial charge in [-0.25, -0.2) is 4.98 Å². The van der Waals surface area contributed by atoms with E-state index in [-0.39, 0.29) is 5.56 Å². The van der Waals surface area contributed by atoms with E-state index < -0.39 is 0 Å². The summed E-state index contributed by atoms with van der Waals surface area (Å²) in [6.45, 7) is 2.37. The van der Waals surface area contributed by atoms with Crippen molar-refractivity contribution in [3.8, 4) is 22.7 Å². The second kappa shape index (κ2) is 8.89. The van der Waals surface area contributed by atoms with Gasteiger partial charge in [-0.1, -0.05) is 6.07 Å². The van der Waals surface area contributed by atoms with Gasteiger partial charge in [-0.2, -0.15) is 4.98 Å². The molecule has 8 nitrogen and oxygen atoms in total. The van der Waals surface area contributed by atoms with E-state index in [1.54, 1.807) is 43.2 Å². The first-order chi connectivity index (χ1) is 15.5. The molecule has 0 aliphatic heterocycles. The quantitative estimate of drug-likeness (QED) is 0.359. The van der Waals surface area contributed by atoms with Crippen molar-refractivity contribution >= 4 is 28.8 Å². The van der Waals surface area contributed by atoms with Crippen LogP contribution >= 0.6 is 0 Å². The molecule has 0 unspecified atom stereocenters. The normalized spacial score (nSPS) is 11.2. The van der Waals surface area contributed by atoms with Gasteiger partial charge in [0.2, 0.25) is 5.88 Å². The Kier molecular flexibility index (Phi) is 5.85. The van der Waals surface area contributed by atoms with Gasteiger partial charge in [0.1, 0.15) is 5.82 Å². The van der Waals surface area contributed by atoms with Crippen LogP contribution in [0, 0.1) is 0 Å². The first-order valence-corrected chi connectivity index (χ1v) is 10.2. The summed E-state index contributed by atoms with van der Waals surface area (Å²) in [6, 6.07) is 14.6. The van der Waals surface area contributed by atoms with Gasteiger partial charge in [-0.05, 0) is 48.9 Å². The Hall–Kier alpha value is -4.20. The van der Waals surface area contributed by atoms with Crippen LogP contribution in [0.15, 0.2) is 64.5 Å². The zero-order valence-corrected chi connectivity index (χ0v) is 18.2. The number of nitrogens with zero attached hydrogens (tertiary/aromatic N) is 4. The van der Waals surface area contributed by atoms with Gasteiger partial charge in [0.05, 0.1) is 18.5 Å². The molecule has 162 valence electrons. The van der Waals surface area contributed by atoms with Crippen LogP contribution in [-0.4, -0.2) is 41.5 Å². The molecule has 8 heteroatoms. The number of fused-ring (bicyclic) bond motifs is 1. The second-order valence-electron chi connectivity index (χ2n) is 7.08. The number of aliphatic imine (C=N–C) groups is 1. The van der Waals surface area contributed by atoms with Crippen molar-refractivity contribution in [3.05, 3.63) is 70.6 Å². The lowest BCUT2D eigenvalue weighted by molar-refractivity contribution is 0.328. The Morgan fingerprint density at radius 1 is 1.19 bits per heavy atom. The van der Waals surface area contributed by atoms with Crippen LogP contribution in [0.5, 0.6) is 5.88 Å². The number of anilines is 2. The fraction of sp³-hybridized carbons (Fsp3) is 0.167. The number of ether oxygens (including phenoxy) is 1. The Bertz CT molecular complexity index is 1360. The number of benzene rings is 1. The summed E-state index contributed by atoms with van der Waals surface area (Å²) in [5, 5.41) is 3.78. The van der Waals surface area contributed by atoms with Crippen molar-refractivity contribution in [1.29, 1.82) is 0 Å². The average Bonchev–Trinajstić information content (AvgIpc) is 2.81. The number of nitrogen functional groups attached to an aromatic ring is 1. The maximum absolute atomic E-state index is 13.7. The number of rotatable bonds is 6. The first kappa shape index (κ1) is 21.0. The average molecular weight is 428 g/mol. The van der Waals surface area contributed by atoms with Crippen LogP contribution in [0.4, 0.5) is 11.5 Å². The SMILES string of the molecule is CCOc1ccc2cc(-c3ccc(N)c(C=NC)c3)c(=O)n(-c3ccc(NC)nc3)c2n1. The molecule has 3 N–H and O–H groups in total. The zero-order valence-electron chi connectivity index (χ0n) is 18.2. The van der Waals surface area contributed by atoms with Crippen molar-refractivity contribution < 1.29 is 4.74 Å². The van der Waals surface area contributed by atoms with Crippen LogP contribution < -0.4 is 21.3 Å². The van der Waals surface area contributed by atoms with Crippen molar-refractivity contribution in [2.24, 2.45) is 4.99 Å². The molecular weight excluding hydrogens is 404 g/mol. The molecule has 0 radical (unpaired) electrons. The summed E-state index contributed by atoms with van der Waals surface area (Å²) in [7, 11) is 3.47. The number of pyridine rings is 3. The number of hydrogen-bond acceptors (Lipinski definition) is 7. The molecule has 3 heterocycles. The molecule has 0 saturated heterocycles. The highest BCUT2D eigenvalue weighted by Gasteiger charge is 2.16. The second-order valence-corrected chi connectivity index (χ2v) is 7.08. The third-order valence-corrected chi connectivity index (χ3v) is 5.05. The highest BCUT2D eigenvalue weighted by molar-refractivity contribution is 5.90. The van der Waals surface area contributed by atoms with Crippen LogP contribution in [-0.2, 0) is 0 Å². The third kappa shape index (κ3) is 3.90. The van der Waals surface area contributed by atoms with E-state index in [9.17, 15) is 4.79 Å². The molecule has 3 aromatic heterocycles. The number of nitrogens with one attached hydrogen (secondary N) is 1. The highest BCUT2D eigenvalue weighted by Crippen LogP contribution is 2.26. The fourth-order valence-electron chi connectivity index (χ4n) is 3.50. The van der Waals surface area contributed by atoms with E-state index >= 15 is 0 Å². The molecule has 0 amide bonds. The lowest BCUT2D eigenvalue weighted by atomic mass is 10.0. The van der Waals surface area contributed by atoms with E-state index in [2.05, 4.69) is 20.3 Å². The number of nitrogens with two attached hydrogens (primary N) is 1. The predicted molar refractivity (Wildman–Crippen MR) is 129 cm³/mol.